The van der Waals surface area contributed by atoms with Gasteiger partial charge < -0.3 is 9.64 Å². The van der Waals surface area contributed by atoms with Crippen LogP contribution in [0.4, 0.5) is 0 Å². The van der Waals surface area contributed by atoms with Gasteiger partial charge in [0.25, 0.3) is 0 Å². The van der Waals surface area contributed by atoms with E-state index in [4.69, 9.17) is 16.3 Å². The summed E-state index contributed by atoms with van der Waals surface area (Å²) >= 11 is 6.05. The van der Waals surface area contributed by atoms with E-state index in [0.717, 1.165) is 38.1 Å². The summed E-state index contributed by atoms with van der Waals surface area (Å²) in [5.41, 5.74) is 0. The van der Waals surface area contributed by atoms with Crippen LogP contribution in [-0.4, -0.2) is 42.5 Å². The molecule has 0 fully saturated rings. The SMILES string of the molecule is CCCCCCCCC(CCCCCCCC)OC(=O)CCCCCCCN(CCCl)CCCCCCCC. The van der Waals surface area contributed by atoms with E-state index in [1.165, 1.54) is 148 Å². The molecule has 39 heavy (non-hydrogen) atoms. The topological polar surface area (TPSA) is 29.5 Å². The zero-order chi connectivity index (χ0) is 28.7. The van der Waals surface area contributed by atoms with E-state index < -0.39 is 0 Å². The van der Waals surface area contributed by atoms with Crippen molar-refractivity contribution in [3.63, 3.8) is 0 Å². The Kier molecular flexibility index (Phi) is 32.0. The van der Waals surface area contributed by atoms with Crippen LogP contribution in [-0.2, 0) is 9.53 Å². The molecule has 0 saturated carbocycles. The van der Waals surface area contributed by atoms with E-state index in [9.17, 15) is 4.79 Å². The predicted molar refractivity (Wildman–Crippen MR) is 174 cm³/mol. The van der Waals surface area contributed by atoms with Gasteiger partial charge in [0.1, 0.15) is 6.10 Å². The molecule has 0 aromatic carbocycles. The van der Waals surface area contributed by atoms with Gasteiger partial charge in [0.2, 0.25) is 0 Å². The third-order valence-electron chi connectivity index (χ3n) is 8.14. The number of halogens is 1. The summed E-state index contributed by atoms with van der Waals surface area (Å²) < 4.78 is 6.00. The highest BCUT2D eigenvalue weighted by Crippen LogP contribution is 2.18. The smallest absolute Gasteiger partial charge is 0.306 e. The molecule has 0 aromatic heterocycles. The van der Waals surface area contributed by atoms with E-state index in [2.05, 4.69) is 25.7 Å². The van der Waals surface area contributed by atoms with Gasteiger partial charge in [-0.3, -0.25) is 4.79 Å². The Morgan fingerprint density at radius 1 is 0.538 bits per heavy atom. The molecule has 0 aliphatic carbocycles. The van der Waals surface area contributed by atoms with Crippen molar-refractivity contribution in [1.82, 2.24) is 4.90 Å². The van der Waals surface area contributed by atoms with Crippen LogP contribution in [0.3, 0.4) is 0 Å². The molecule has 0 atom stereocenters. The first-order valence-corrected chi connectivity index (χ1v) is 18.2. The average molecular weight is 572 g/mol. The first-order chi connectivity index (χ1) is 19.2. The maximum Gasteiger partial charge on any atom is 0.306 e. The molecule has 0 saturated heterocycles. The Hall–Kier alpha value is -0.280. The van der Waals surface area contributed by atoms with Crippen molar-refractivity contribution >= 4 is 17.6 Å². The number of carbonyl (C=O) groups is 1. The van der Waals surface area contributed by atoms with Crippen LogP contribution in [0.15, 0.2) is 0 Å². The lowest BCUT2D eigenvalue weighted by atomic mass is 10.0. The van der Waals surface area contributed by atoms with Gasteiger partial charge in [0.15, 0.2) is 0 Å². The Morgan fingerprint density at radius 2 is 0.923 bits per heavy atom. The van der Waals surface area contributed by atoms with Gasteiger partial charge in [0, 0.05) is 18.8 Å². The van der Waals surface area contributed by atoms with E-state index in [-0.39, 0.29) is 12.1 Å². The van der Waals surface area contributed by atoms with Crippen molar-refractivity contribution in [3.8, 4) is 0 Å². The molecule has 0 radical (unpaired) electrons. The van der Waals surface area contributed by atoms with E-state index in [1.54, 1.807) is 0 Å². The normalized spacial score (nSPS) is 11.6. The number of hydrogen-bond acceptors (Lipinski definition) is 3. The minimum atomic E-state index is 0.0455. The zero-order valence-corrected chi connectivity index (χ0v) is 27.7. The highest BCUT2D eigenvalue weighted by molar-refractivity contribution is 6.18. The van der Waals surface area contributed by atoms with E-state index in [1.807, 2.05) is 0 Å². The van der Waals surface area contributed by atoms with Crippen LogP contribution >= 0.6 is 11.6 Å². The van der Waals surface area contributed by atoms with Crippen LogP contribution in [0.25, 0.3) is 0 Å². The highest BCUT2D eigenvalue weighted by atomic mass is 35.5. The van der Waals surface area contributed by atoms with Gasteiger partial charge in [-0.15, -0.1) is 11.6 Å². The van der Waals surface area contributed by atoms with Crippen molar-refractivity contribution in [2.24, 2.45) is 0 Å². The van der Waals surface area contributed by atoms with Gasteiger partial charge >= 0.3 is 5.97 Å². The molecule has 4 heteroatoms. The molecule has 3 nitrogen and oxygen atoms in total. The molecule has 0 N–H and O–H groups in total. The van der Waals surface area contributed by atoms with Crippen LogP contribution in [0, 0.1) is 0 Å². The molecule has 0 aromatic rings. The molecule has 0 bridgehead atoms. The summed E-state index contributed by atoms with van der Waals surface area (Å²) in [7, 11) is 0. The first kappa shape index (κ1) is 38.7. The molecule has 0 rings (SSSR count). The van der Waals surface area contributed by atoms with Gasteiger partial charge in [-0.1, -0.05) is 136 Å². The summed E-state index contributed by atoms with van der Waals surface area (Å²) in [4.78, 5) is 15.1. The van der Waals surface area contributed by atoms with Crippen LogP contribution in [0.2, 0.25) is 0 Å². The summed E-state index contributed by atoms with van der Waals surface area (Å²) in [5, 5.41) is 0. The van der Waals surface area contributed by atoms with E-state index >= 15 is 0 Å². The van der Waals surface area contributed by atoms with Crippen LogP contribution in [0.5, 0.6) is 0 Å². The highest BCUT2D eigenvalue weighted by Gasteiger charge is 2.14. The summed E-state index contributed by atoms with van der Waals surface area (Å²) in [6.45, 7) is 10.2. The molecular weight excluding hydrogens is 502 g/mol. The van der Waals surface area contributed by atoms with E-state index in [0.29, 0.717) is 6.42 Å². The summed E-state index contributed by atoms with van der Waals surface area (Å²) in [6.07, 6.45) is 32.4. The third kappa shape index (κ3) is 29.0. The minimum absolute atomic E-state index is 0.0455. The Morgan fingerprint density at radius 3 is 1.36 bits per heavy atom. The Bertz CT molecular complexity index is 471. The van der Waals surface area contributed by atoms with Gasteiger partial charge in [-0.25, -0.2) is 0 Å². The summed E-state index contributed by atoms with van der Waals surface area (Å²) in [6, 6.07) is 0. The lowest BCUT2D eigenvalue weighted by molar-refractivity contribution is -0.150. The largest absolute Gasteiger partial charge is 0.462 e. The van der Waals surface area contributed by atoms with Crippen molar-refractivity contribution in [3.05, 3.63) is 0 Å². The molecule has 0 aliphatic rings. The lowest BCUT2D eigenvalue weighted by Crippen LogP contribution is -2.28. The first-order valence-electron chi connectivity index (χ1n) is 17.7. The molecule has 0 spiro atoms. The number of hydrogen-bond donors (Lipinski definition) is 0. The van der Waals surface area contributed by atoms with Crippen molar-refractivity contribution in [1.29, 1.82) is 0 Å². The fraction of sp³-hybridized carbons (Fsp3) is 0.971. The van der Waals surface area contributed by atoms with Crippen molar-refractivity contribution in [2.75, 3.05) is 25.5 Å². The predicted octanol–water partition coefficient (Wildman–Crippen LogP) is 11.6. The number of rotatable bonds is 32. The lowest BCUT2D eigenvalue weighted by Gasteiger charge is -2.21. The molecule has 0 aliphatic heterocycles. The quantitative estimate of drug-likeness (QED) is 0.0456. The Balaban J connectivity index is 4.04. The number of nitrogens with zero attached hydrogens (tertiary/aromatic N) is 1. The number of alkyl halides is 1. The monoisotopic (exact) mass is 572 g/mol. The van der Waals surface area contributed by atoms with Crippen molar-refractivity contribution < 1.29 is 9.53 Å². The van der Waals surface area contributed by atoms with Gasteiger partial charge in [-0.05, 0) is 58.0 Å². The zero-order valence-electron chi connectivity index (χ0n) is 26.9. The number of unbranched alkanes of at least 4 members (excludes halogenated alkanes) is 19. The van der Waals surface area contributed by atoms with Gasteiger partial charge in [-0.2, -0.15) is 0 Å². The van der Waals surface area contributed by atoms with Crippen LogP contribution in [0.1, 0.15) is 188 Å². The summed E-state index contributed by atoms with van der Waals surface area (Å²) in [5.74, 6) is 0.778. The molecule has 0 heterocycles. The number of carbonyl (C=O) groups excluding carboxylic acids is 1. The Labute approximate surface area is 250 Å². The maximum atomic E-state index is 12.6. The standard InChI is InChI=1S/C35H70ClNO2/c1-4-7-10-13-17-22-27-34(28-23-18-14-11-8-5-2)39-35(38)29-24-19-16-21-26-32-37(33-30-36)31-25-20-15-12-9-6-3/h34H,4-33H2,1-3H3. The second-order valence-corrected chi connectivity index (χ2v) is 12.4. The fourth-order valence-corrected chi connectivity index (χ4v) is 5.76. The van der Waals surface area contributed by atoms with Gasteiger partial charge in [0.05, 0.1) is 0 Å². The number of esters is 1. The fourth-order valence-electron chi connectivity index (χ4n) is 5.52. The van der Waals surface area contributed by atoms with Crippen molar-refractivity contribution in [2.45, 2.75) is 194 Å². The third-order valence-corrected chi connectivity index (χ3v) is 8.31. The molecule has 234 valence electrons. The molecule has 0 amide bonds. The minimum Gasteiger partial charge on any atom is -0.462 e. The second-order valence-electron chi connectivity index (χ2n) is 12.0. The number of ether oxygens (including phenoxy) is 1. The molecular formula is C35H70ClNO2. The second kappa shape index (κ2) is 32.2. The average Bonchev–Trinajstić information content (AvgIpc) is 2.93. The van der Waals surface area contributed by atoms with Crippen LogP contribution < -0.4 is 0 Å². The molecule has 0 unspecified atom stereocenters. The maximum absolute atomic E-state index is 12.6.